The maximum atomic E-state index is 12.2. The summed E-state index contributed by atoms with van der Waals surface area (Å²) in [7, 11) is 0. The van der Waals surface area contributed by atoms with Gasteiger partial charge in [-0.15, -0.1) is 0 Å². The van der Waals surface area contributed by atoms with E-state index >= 15 is 0 Å². The van der Waals surface area contributed by atoms with Gasteiger partial charge in [-0.1, -0.05) is 6.07 Å². The van der Waals surface area contributed by atoms with Crippen LogP contribution in [0.1, 0.15) is 23.2 Å². The number of benzene rings is 1. The monoisotopic (exact) mass is 255 g/mol. The van der Waals surface area contributed by atoms with Crippen LogP contribution in [0.15, 0.2) is 36.5 Å². The number of carbonyl (C=O) groups excluding carboxylic acids is 1. The van der Waals surface area contributed by atoms with Crippen molar-refractivity contribution < 1.29 is 4.79 Å². The van der Waals surface area contributed by atoms with E-state index in [-0.39, 0.29) is 11.9 Å². The highest BCUT2D eigenvalue weighted by molar-refractivity contribution is 5.98. The molecule has 1 atom stereocenters. The van der Waals surface area contributed by atoms with Gasteiger partial charge in [0.1, 0.15) is 0 Å². The Morgan fingerprint density at radius 1 is 1.37 bits per heavy atom. The first-order valence-electron chi connectivity index (χ1n) is 6.69. The molecule has 3 rings (SSSR count). The minimum Gasteiger partial charge on any atom is -0.348 e. The lowest BCUT2D eigenvalue weighted by Gasteiger charge is -2.23. The first-order chi connectivity index (χ1) is 9.33. The molecule has 1 aliphatic rings. The molecule has 1 saturated heterocycles. The van der Waals surface area contributed by atoms with Crippen LogP contribution in [0, 0.1) is 0 Å². The zero-order valence-electron chi connectivity index (χ0n) is 10.7. The Morgan fingerprint density at radius 3 is 3.16 bits per heavy atom. The molecule has 0 spiro atoms. The molecule has 0 radical (unpaired) electrons. The molecule has 1 fully saturated rings. The van der Waals surface area contributed by atoms with E-state index in [1.807, 2.05) is 30.3 Å². The van der Waals surface area contributed by atoms with Crippen LogP contribution in [0.3, 0.4) is 0 Å². The summed E-state index contributed by atoms with van der Waals surface area (Å²) in [5, 5.41) is 7.37. The number of nitrogens with one attached hydrogen (secondary N) is 2. The summed E-state index contributed by atoms with van der Waals surface area (Å²) in [6, 6.07) is 9.72. The van der Waals surface area contributed by atoms with Crippen LogP contribution in [0.25, 0.3) is 10.9 Å². The summed E-state index contributed by atoms with van der Waals surface area (Å²) in [5.74, 6) is -0.000506. The molecule has 2 N–H and O–H groups in total. The molecular formula is C15H17N3O. The van der Waals surface area contributed by atoms with Gasteiger partial charge in [-0.05, 0) is 43.7 Å². The number of hydrogen-bond donors (Lipinski definition) is 2. The van der Waals surface area contributed by atoms with Gasteiger partial charge in [-0.3, -0.25) is 9.78 Å². The molecule has 98 valence electrons. The van der Waals surface area contributed by atoms with Crippen molar-refractivity contribution in [3.8, 4) is 0 Å². The number of rotatable bonds is 2. The van der Waals surface area contributed by atoms with Gasteiger partial charge >= 0.3 is 0 Å². The fourth-order valence-corrected chi connectivity index (χ4v) is 2.46. The third kappa shape index (κ3) is 2.74. The number of fused-ring (bicyclic) bond motifs is 1. The number of carbonyl (C=O) groups is 1. The molecule has 2 heterocycles. The third-order valence-corrected chi connectivity index (χ3v) is 3.50. The van der Waals surface area contributed by atoms with Gasteiger partial charge in [0.25, 0.3) is 5.91 Å². The molecule has 0 saturated carbocycles. The van der Waals surface area contributed by atoms with Gasteiger partial charge in [0.05, 0.1) is 5.52 Å². The summed E-state index contributed by atoms with van der Waals surface area (Å²) >= 11 is 0. The predicted octanol–water partition coefficient (Wildman–Crippen LogP) is 1.72. The molecule has 4 nitrogen and oxygen atoms in total. The smallest absolute Gasteiger partial charge is 0.251 e. The molecule has 1 amide bonds. The number of pyridine rings is 1. The van der Waals surface area contributed by atoms with Gasteiger partial charge in [0, 0.05) is 29.7 Å². The van der Waals surface area contributed by atoms with Crippen LogP contribution in [0.4, 0.5) is 0 Å². The van der Waals surface area contributed by atoms with E-state index in [0.29, 0.717) is 5.56 Å². The summed E-state index contributed by atoms with van der Waals surface area (Å²) < 4.78 is 0. The number of hydrogen-bond acceptors (Lipinski definition) is 3. The number of aromatic nitrogens is 1. The average Bonchev–Trinajstić information content (AvgIpc) is 2.48. The van der Waals surface area contributed by atoms with Gasteiger partial charge in [-0.2, -0.15) is 0 Å². The van der Waals surface area contributed by atoms with E-state index in [4.69, 9.17) is 0 Å². The zero-order valence-corrected chi connectivity index (χ0v) is 10.7. The first kappa shape index (κ1) is 12.1. The molecule has 0 aliphatic carbocycles. The summed E-state index contributed by atoms with van der Waals surface area (Å²) in [6.07, 6.45) is 3.93. The lowest BCUT2D eigenvalue weighted by Crippen LogP contribution is -2.45. The van der Waals surface area contributed by atoms with Crippen LogP contribution in [0.5, 0.6) is 0 Å². The van der Waals surface area contributed by atoms with Crippen LogP contribution < -0.4 is 10.6 Å². The van der Waals surface area contributed by atoms with Crippen molar-refractivity contribution in [1.29, 1.82) is 0 Å². The summed E-state index contributed by atoms with van der Waals surface area (Å²) in [6.45, 7) is 1.91. The molecule has 1 unspecified atom stereocenters. The van der Waals surface area contributed by atoms with Gasteiger partial charge in [-0.25, -0.2) is 0 Å². The Hall–Kier alpha value is -1.94. The Morgan fingerprint density at radius 2 is 2.32 bits per heavy atom. The Bertz CT molecular complexity index is 591. The van der Waals surface area contributed by atoms with E-state index in [2.05, 4.69) is 15.6 Å². The van der Waals surface area contributed by atoms with Crippen LogP contribution in [-0.2, 0) is 0 Å². The fourth-order valence-electron chi connectivity index (χ4n) is 2.46. The van der Waals surface area contributed by atoms with Gasteiger partial charge in [0.15, 0.2) is 0 Å². The second kappa shape index (κ2) is 5.36. The van der Waals surface area contributed by atoms with Crippen molar-refractivity contribution in [2.24, 2.45) is 0 Å². The molecular weight excluding hydrogens is 238 g/mol. The molecule has 1 aromatic heterocycles. The van der Waals surface area contributed by atoms with E-state index in [9.17, 15) is 4.79 Å². The zero-order chi connectivity index (χ0) is 13.1. The highest BCUT2D eigenvalue weighted by atomic mass is 16.1. The molecule has 2 aromatic rings. The third-order valence-electron chi connectivity index (χ3n) is 3.50. The standard InChI is InChI=1S/C15H17N3O/c19-15(18-13-4-2-7-16-10-13)12-5-6-14-11(9-12)3-1-8-17-14/h1,3,5-6,8-9,13,16H,2,4,7,10H2,(H,18,19). The predicted molar refractivity (Wildman–Crippen MR) is 75.1 cm³/mol. The molecule has 0 bridgehead atoms. The molecule has 19 heavy (non-hydrogen) atoms. The van der Waals surface area contributed by atoms with Gasteiger partial charge < -0.3 is 10.6 Å². The highest BCUT2D eigenvalue weighted by Crippen LogP contribution is 2.13. The average molecular weight is 255 g/mol. The van der Waals surface area contributed by atoms with E-state index < -0.39 is 0 Å². The summed E-state index contributed by atoms with van der Waals surface area (Å²) in [5.41, 5.74) is 1.62. The lowest BCUT2D eigenvalue weighted by molar-refractivity contribution is 0.0931. The van der Waals surface area contributed by atoms with Crippen LogP contribution in [-0.4, -0.2) is 30.0 Å². The van der Waals surface area contributed by atoms with Crippen LogP contribution in [0.2, 0.25) is 0 Å². The molecule has 4 heteroatoms. The Kier molecular flexibility index (Phi) is 3.42. The largest absolute Gasteiger partial charge is 0.348 e. The first-order valence-corrected chi connectivity index (χ1v) is 6.69. The van der Waals surface area contributed by atoms with E-state index in [0.717, 1.165) is 36.8 Å². The van der Waals surface area contributed by atoms with Crippen molar-refractivity contribution in [1.82, 2.24) is 15.6 Å². The van der Waals surface area contributed by atoms with Crippen molar-refractivity contribution in [2.75, 3.05) is 13.1 Å². The van der Waals surface area contributed by atoms with Crippen molar-refractivity contribution in [3.05, 3.63) is 42.1 Å². The minimum atomic E-state index is -0.000506. The normalized spacial score (nSPS) is 19.3. The van der Waals surface area contributed by atoms with Crippen LogP contribution >= 0.6 is 0 Å². The molecule has 1 aromatic carbocycles. The van der Waals surface area contributed by atoms with E-state index in [1.54, 1.807) is 6.20 Å². The quantitative estimate of drug-likeness (QED) is 0.859. The summed E-state index contributed by atoms with van der Waals surface area (Å²) in [4.78, 5) is 16.5. The lowest BCUT2D eigenvalue weighted by atomic mass is 10.1. The molecule has 1 aliphatic heterocycles. The fraction of sp³-hybridized carbons (Fsp3) is 0.333. The number of piperidine rings is 1. The minimum absolute atomic E-state index is 0.000506. The van der Waals surface area contributed by atoms with E-state index in [1.165, 1.54) is 0 Å². The number of amides is 1. The van der Waals surface area contributed by atoms with Crippen molar-refractivity contribution >= 4 is 16.8 Å². The maximum Gasteiger partial charge on any atom is 0.251 e. The van der Waals surface area contributed by atoms with Gasteiger partial charge in [0.2, 0.25) is 0 Å². The second-order valence-electron chi connectivity index (χ2n) is 4.93. The SMILES string of the molecule is O=C(NC1CCCNC1)c1ccc2ncccc2c1. The van der Waals surface area contributed by atoms with Crippen molar-refractivity contribution in [2.45, 2.75) is 18.9 Å². The topological polar surface area (TPSA) is 54.0 Å². The number of nitrogens with zero attached hydrogens (tertiary/aromatic N) is 1. The maximum absolute atomic E-state index is 12.2. The Labute approximate surface area is 112 Å². The Balaban J connectivity index is 1.77. The van der Waals surface area contributed by atoms with Crippen molar-refractivity contribution in [3.63, 3.8) is 0 Å². The highest BCUT2D eigenvalue weighted by Gasteiger charge is 2.16. The second-order valence-corrected chi connectivity index (χ2v) is 4.93.